The summed E-state index contributed by atoms with van der Waals surface area (Å²) in [6.45, 7) is 1.12. The molecule has 0 bridgehead atoms. The van der Waals surface area contributed by atoms with E-state index in [9.17, 15) is 9.59 Å². The van der Waals surface area contributed by atoms with Crippen LogP contribution in [-0.2, 0) is 16.0 Å². The Labute approximate surface area is 98.0 Å². The lowest BCUT2D eigenvalue weighted by atomic mass is 10.0. The fourth-order valence-corrected chi connectivity index (χ4v) is 1.77. The quantitative estimate of drug-likeness (QED) is 0.794. The highest BCUT2D eigenvalue weighted by atomic mass is 35.5. The van der Waals surface area contributed by atoms with Gasteiger partial charge < -0.3 is 10.6 Å². The van der Waals surface area contributed by atoms with Crippen molar-refractivity contribution < 1.29 is 9.59 Å². The van der Waals surface area contributed by atoms with Gasteiger partial charge in [0.15, 0.2) is 0 Å². The molecule has 1 heterocycles. The minimum absolute atomic E-state index is 0.209. The first-order valence-corrected chi connectivity index (χ1v) is 5.21. The van der Waals surface area contributed by atoms with E-state index in [4.69, 9.17) is 11.6 Å². The van der Waals surface area contributed by atoms with Crippen molar-refractivity contribution in [1.82, 2.24) is 10.6 Å². The molecule has 1 aliphatic heterocycles. The van der Waals surface area contributed by atoms with Gasteiger partial charge in [-0.1, -0.05) is 23.7 Å². The van der Waals surface area contributed by atoms with Crippen LogP contribution in [0.25, 0.3) is 0 Å². The molecule has 1 fully saturated rings. The van der Waals surface area contributed by atoms with Crippen molar-refractivity contribution in [2.75, 3.05) is 0 Å². The van der Waals surface area contributed by atoms with Crippen molar-refractivity contribution in [2.24, 2.45) is 0 Å². The lowest BCUT2D eigenvalue weighted by Gasteiger charge is -2.22. The van der Waals surface area contributed by atoms with Crippen LogP contribution < -0.4 is 10.6 Å². The molecule has 0 saturated carbocycles. The highest BCUT2D eigenvalue weighted by molar-refractivity contribution is 6.30. The van der Waals surface area contributed by atoms with Crippen LogP contribution in [0.3, 0.4) is 0 Å². The summed E-state index contributed by atoms with van der Waals surface area (Å²) in [6, 6.07) is 6.68. The Bertz CT molecular complexity index is 434. The summed E-state index contributed by atoms with van der Waals surface area (Å²) < 4.78 is 0. The van der Waals surface area contributed by atoms with Crippen molar-refractivity contribution >= 4 is 23.4 Å². The Kier molecular flexibility index (Phi) is 3.10. The first-order valence-electron chi connectivity index (χ1n) is 4.84. The summed E-state index contributed by atoms with van der Waals surface area (Å²) in [5.74, 6) is -0.494. The third-order valence-corrected chi connectivity index (χ3v) is 2.54. The molecule has 1 aromatic rings. The number of rotatable bonds is 2. The summed E-state index contributed by atoms with van der Waals surface area (Å²) in [7, 11) is 0. The maximum atomic E-state index is 11.4. The number of hydrogen-bond donors (Lipinski definition) is 2. The maximum Gasteiger partial charge on any atom is 0.245 e. The number of hydrogen-bond acceptors (Lipinski definition) is 2. The van der Waals surface area contributed by atoms with Crippen molar-refractivity contribution in [3.63, 3.8) is 0 Å². The number of nitrogens with one attached hydrogen (secondary N) is 2. The first-order chi connectivity index (χ1) is 7.65. The van der Waals surface area contributed by atoms with Crippen molar-refractivity contribution in [1.29, 1.82) is 0 Å². The Morgan fingerprint density at radius 1 is 1.31 bits per heavy atom. The molecule has 1 unspecified atom stereocenters. The molecular weight excluding hydrogens is 228 g/mol. The third-order valence-electron chi connectivity index (χ3n) is 2.31. The Morgan fingerprint density at radius 2 is 2.12 bits per heavy atom. The summed E-state index contributed by atoms with van der Waals surface area (Å²) in [5, 5.41) is 5.61. The number of carbonyl (C=O) groups is 2. The molecule has 2 amide bonds. The summed E-state index contributed by atoms with van der Waals surface area (Å²) >= 11 is 5.83. The molecule has 1 aromatic carbocycles. The van der Waals surface area contributed by atoms with Crippen LogP contribution in [0, 0.1) is 6.54 Å². The second kappa shape index (κ2) is 4.53. The van der Waals surface area contributed by atoms with Gasteiger partial charge in [-0.2, -0.15) is 0 Å². The van der Waals surface area contributed by atoms with Crippen LogP contribution in [0.1, 0.15) is 5.56 Å². The predicted octanol–water partition coefficient (Wildman–Crippen LogP) is 0.659. The SMILES string of the molecule is O=C1[CH]NC(=O)C(Cc2cccc(Cl)c2)N1. The molecular formula is C11H10ClN2O2. The van der Waals surface area contributed by atoms with E-state index in [2.05, 4.69) is 10.6 Å². The number of halogens is 1. The third kappa shape index (κ3) is 2.52. The second-order valence-electron chi connectivity index (χ2n) is 3.55. The normalized spacial score (nSPS) is 20.2. The van der Waals surface area contributed by atoms with Gasteiger partial charge in [-0.25, -0.2) is 0 Å². The molecule has 4 nitrogen and oxygen atoms in total. The number of piperazine rings is 1. The van der Waals surface area contributed by atoms with E-state index < -0.39 is 6.04 Å². The van der Waals surface area contributed by atoms with E-state index in [1.807, 2.05) is 12.1 Å². The van der Waals surface area contributed by atoms with E-state index in [0.29, 0.717) is 11.4 Å². The van der Waals surface area contributed by atoms with Crippen molar-refractivity contribution in [3.05, 3.63) is 41.4 Å². The lowest BCUT2D eigenvalue weighted by Crippen LogP contribution is -2.54. The Hall–Kier alpha value is -1.55. The average molecular weight is 238 g/mol. The summed E-state index contributed by atoms with van der Waals surface area (Å²) in [4.78, 5) is 22.5. The molecule has 1 aliphatic rings. The fourth-order valence-electron chi connectivity index (χ4n) is 1.56. The molecule has 2 N–H and O–H groups in total. The standard InChI is InChI=1S/C11H10ClN2O2/c12-8-3-1-2-7(4-8)5-9-11(16)13-6-10(15)14-9/h1-4,6,9H,5H2,(H,13,16)(H,14,15). The average Bonchev–Trinajstić information content (AvgIpc) is 2.24. The minimum Gasteiger partial charge on any atom is -0.342 e. The maximum absolute atomic E-state index is 11.4. The van der Waals surface area contributed by atoms with E-state index in [-0.39, 0.29) is 11.8 Å². The van der Waals surface area contributed by atoms with Gasteiger partial charge in [0.05, 0.1) is 0 Å². The van der Waals surface area contributed by atoms with Gasteiger partial charge in [0, 0.05) is 11.4 Å². The lowest BCUT2D eigenvalue weighted by molar-refractivity contribution is -0.131. The number of amides is 2. The van der Waals surface area contributed by atoms with Crippen molar-refractivity contribution in [3.8, 4) is 0 Å². The highest BCUT2D eigenvalue weighted by Crippen LogP contribution is 2.13. The van der Waals surface area contributed by atoms with Gasteiger partial charge >= 0.3 is 0 Å². The molecule has 1 atom stereocenters. The second-order valence-corrected chi connectivity index (χ2v) is 3.98. The largest absolute Gasteiger partial charge is 0.342 e. The predicted molar refractivity (Wildman–Crippen MR) is 59.5 cm³/mol. The van der Waals surface area contributed by atoms with Crippen molar-refractivity contribution in [2.45, 2.75) is 12.5 Å². The number of benzene rings is 1. The van der Waals surface area contributed by atoms with E-state index >= 15 is 0 Å². The molecule has 0 aliphatic carbocycles. The van der Waals surface area contributed by atoms with E-state index in [0.717, 1.165) is 12.1 Å². The van der Waals surface area contributed by atoms with Gasteiger partial charge in [0.1, 0.15) is 12.6 Å². The number of carbonyl (C=O) groups excluding carboxylic acids is 2. The van der Waals surface area contributed by atoms with Crippen LogP contribution in [0.2, 0.25) is 5.02 Å². The monoisotopic (exact) mass is 237 g/mol. The molecule has 0 spiro atoms. The van der Waals surface area contributed by atoms with E-state index in [1.54, 1.807) is 12.1 Å². The molecule has 16 heavy (non-hydrogen) atoms. The topological polar surface area (TPSA) is 58.2 Å². The first kappa shape index (κ1) is 11.0. The summed E-state index contributed by atoms with van der Waals surface area (Å²) in [5.41, 5.74) is 0.912. The zero-order valence-electron chi connectivity index (χ0n) is 8.37. The fraction of sp³-hybridized carbons (Fsp3) is 0.182. The minimum atomic E-state index is -0.532. The van der Waals surface area contributed by atoms with Gasteiger partial charge in [-0.05, 0) is 17.7 Å². The Balaban J connectivity index is 2.08. The molecule has 1 saturated heterocycles. The smallest absolute Gasteiger partial charge is 0.245 e. The van der Waals surface area contributed by atoms with E-state index in [1.165, 1.54) is 0 Å². The van der Waals surface area contributed by atoms with Gasteiger partial charge in [0.25, 0.3) is 0 Å². The highest BCUT2D eigenvalue weighted by Gasteiger charge is 2.26. The van der Waals surface area contributed by atoms with Crippen LogP contribution in [0.4, 0.5) is 0 Å². The van der Waals surface area contributed by atoms with Gasteiger partial charge in [-0.15, -0.1) is 0 Å². The zero-order chi connectivity index (χ0) is 11.5. The van der Waals surface area contributed by atoms with Crippen LogP contribution in [0.5, 0.6) is 0 Å². The molecule has 83 valence electrons. The molecule has 0 aromatic heterocycles. The molecule has 2 rings (SSSR count). The molecule has 5 heteroatoms. The molecule has 1 radical (unpaired) electrons. The Morgan fingerprint density at radius 3 is 2.88 bits per heavy atom. The summed E-state index contributed by atoms with van der Waals surface area (Å²) in [6.07, 6.45) is 0.436. The van der Waals surface area contributed by atoms with Crippen LogP contribution in [-0.4, -0.2) is 17.9 Å². The zero-order valence-corrected chi connectivity index (χ0v) is 9.12. The van der Waals surface area contributed by atoms with Crippen LogP contribution >= 0.6 is 11.6 Å². The van der Waals surface area contributed by atoms with Crippen LogP contribution in [0.15, 0.2) is 24.3 Å². The van der Waals surface area contributed by atoms with Gasteiger partial charge in [0.2, 0.25) is 11.8 Å². The van der Waals surface area contributed by atoms with Gasteiger partial charge in [-0.3, -0.25) is 9.59 Å².